The third-order valence-corrected chi connectivity index (χ3v) is 5.16. The summed E-state index contributed by atoms with van der Waals surface area (Å²) in [4.78, 5) is 34.7. The van der Waals surface area contributed by atoms with Crippen molar-refractivity contribution in [2.24, 2.45) is 0 Å². The van der Waals surface area contributed by atoms with Crippen LogP contribution in [0, 0.1) is 0 Å². The van der Waals surface area contributed by atoms with Crippen molar-refractivity contribution in [2.45, 2.75) is 82.0 Å². The molecule has 8 N–H and O–H groups in total. The molecular formula is C18H31N3O11. The molecule has 0 aromatic rings. The second kappa shape index (κ2) is 11.3. The van der Waals surface area contributed by atoms with Crippen LogP contribution in [0.3, 0.4) is 0 Å². The summed E-state index contributed by atoms with van der Waals surface area (Å²) in [6, 6.07) is -2.49. The Kier molecular flexibility index (Phi) is 9.29. The van der Waals surface area contributed by atoms with Gasteiger partial charge in [-0.3, -0.25) is 14.4 Å². The lowest BCUT2D eigenvalue weighted by molar-refractivity contribution is -0.315. The first-order valence-electron chi connectivity index (χ1n) is 10.0. The average molecular weight is 465 g/mol. The molecule has 184 valence electrons. The fraction of sp³-hybridized carbons (Fsp3) is 0.833. The summed E-state index contributed by atoms with van der Waals surface area (Å²) < 4.78 is 16.9. The molecule has 0 radical (unpaired) electrons. The van der Waals surface area contributed by atoms with Crippen LogP contribution in [0.25, 0.3) is 0 Å². The van der Waals surface area contributed by atoms with E-state index in [0.29, 0.717) is 0 Å². The van der Waals surface area contributed by atoms with Gasteiger partial charge in [-0.15, -0.1) is 0 Å². The van der Waals surface area contributed by atoms with Crippen LogP contribution in [0.15, 0.2) is 0 Å². The van der Waals surface area contributed by atoms with Crippen LogP contribution >= 0.6 is 0 Å². The van der Waals surface area contributed by atoms with E-state index in [-0.39, 0.29) is 0 Å². The highest BCUT2D eigenvalue weighted by Crippen LogP contribution is 2.28. The highest BCUT2D eigenvalue weighted by molar-refractivity contribution is 5.75. The van der Waals surface area contributed by atoms with E-state index in [1.54, 1.807) is 0 Å². The Morgan fingerprint density at radius 1 is 0.750 bits per heavy atom. The van der Waals surface area contributed by atoms with Gasteiger partial charge in [-0.1, -0.05) is 0 Å². The molecule has 0 bridgehead atoms. The Morgan fingerprint density at radius 3 is 1.78 bits per heavy atom. The van der Waals surface area contributed by atoms with Gasteiger partial charge in [-0.25, -0.2) is 0 Å². The minimum atomic E-state index is -1.60. The van der Waals surface area contributed by atoms with Gasteiger partial charge in [-0.05, 0) is 0 Å². The predicted molar refractivity (Wildman–Crippen MR) is 103 cm³/mol. The third-order valence-electron chi connectivity index (χ3n) is 5.16. The Morgan fingerprint density at radius 2 is 1.28 bits per heavy atom. The van der Waals surface area contributed by atoms with E-state index in [2.05, 4.69) is 16.0 Å². The van der Waals surface area contributed by atoms with Crippen molar-refractivity contribution in [2.75, 3.05) is 13.2 Å². The molecule has 0 unspecified atom stereocenters. The van der Waals surface area contributed by atoms with Crippen LogP contribution < -0.4 is 16.0 Å². The molecule has 14 heteroatoms. The highest BCUT2D eigenvalue weighted by Gasteiger charge is 2.51. The molecule has 0 aromatic heterocycles. The van der Waals surface area contributed by atoms with Gasteiger partial charge in [0.1, 0.15) is 48.7 Å². The maximum atomic E-state index is 11.6. The zero-order valence-corrected chi connectivity index (χ0v) is 17.9. The van der Waals surface area contributed by atoms with Crippen LogP contribution in [0.2, 0.25) is 0 Å². The van der Waals surface area contributed by atoms with Gasteiger partial charge in [0.05, 0.1) is 13.2 Å². The van der Waals surface area contributed by atoms with Crippen molar-refractivity contribution in [1.82, 2.24) is 16.0 Å². The van der Waals surface area contributed by atoms with Gasteiger partial charge in [0, 0.05) is 20.8 Å². The van der Waals surface area contributed by atoms with Gasteiger partial charge in [0.25, 0.3) is 0 Å². The maximum Gasteiger partial charge on any atom is 0.218 e. The number of aliphatic hydroxyl groups is 5. The molecule has 0 spiro atoms. The maximum absolute atomic E-state index is 11.6. The van der Waals surface area contributed by atoms with Crippen LogP contribution in [0.5, 0.6) is 0 Å². The van der Waals surface area contributed by atoms with E-state index < -0.39 is 92.2 Å². The number of carbonyl (C=O) groups excluding carboxylic acids is 3. The first kappa shape index (κ1) is 26.3. The van der Waals surface area contributed by atoms with E-state index >= 15 is 0 Å². The fourth-order valence-corrected chi connectivity index (χ4v) is 3.73. The molecule has 2 saturated heterocycles. The molecule has 2 heterocycles. The second-order valence-corrected chi connectivity index (χ2v) is 7.73. The lowest BCUT2D eigenvalue weighted by Gasteiger charge is -2.48. The molecule has 2 fully saturated rings. The fourth-order valence-electron chi connectivity index (χ4n) is 3.73. The quantitative estimate of drug-likeness (QED) is 0.178. The molecule has 2 rings (SSSR count). The summed E-state index contributed by atoms with van der Waals surface area (Å²) in [5.41, 5.74) is 0. The van der Waals surface area contributed by atoms with Crippen molar-refractivity contribution in [3.8, 4) is 0 Å². The normalized spacial score (nSPS) is 39.8. The Hall–Kier alpha value is -1.91. The summed E-state index contributed by atoms with van der Waals surface area (Å²) in [6.45, 7) is 2.20. The van der Waals surface area contributed by atoms with Gasteiger partial charge in [-0.2, -0.15) is 0 Å². The van der Waals surface area contributed by atoms with E-state index in [1.807, 2.05) is 0 Å². The van der Waals surface area contributed by atoms with Gasteiger partial charge < -0.3 is 55.7 Å². The third kappa shape index (κ3) is 6.11. The summed E-state index contributed by atoms with van der Waals surface area (Å²) in [7, 11) is 0. The van der Waals surface area contributed by atoms with Gasteiger partial charge in [0.15, 0.2) is 12.5 Å². The summed E-state index contributed by atoms with van der Waals surface area (Å²) in [5, 5.41) is 57.9. The van der Waals surface area contributed by atoms with Crippen molar-refractivity contribution < 1.29 is 54.1 Å². The smallest absolute Gasteiger partial charge is 0.218 e. The SMILES string of the molecule is CC(=O)N[C@@H]1[C@@H](O)[C@H](O[C@@H]2O[C@H](CO)[C@@H](O)[C@H](O)[C@H]2NC(C)=O)[C@@H](CO)O[C@H]1NC(C)=O. The zero-order valence-electron chi connectivity index (χ0n) is 17.9. The Labute approximate surface area is 183 Å². The van der Waals surface area contributed by atoms with Crippen molar-refractivity contribution in [3.05, 3.63) is 0 Å². The number of ether oxygens (including phenoxy) is 3. The first-order valence-corrected chi connectivity index (χ1v) is 10.0. The number of carbonyl (C=O) groups is 3. The number of amides is 3. The second-order valence-electron chi connectivity index (χ2n) is 7.73. The van der Waals surface area contributed by atoms with E-state index in [9.17, 15) is 39.9 Å². The summed E-state index contributed by atoms with van der Waals surface area (Å²) in [5.74, 6) is -1.64. The first-order chi connectivity index (χ1) is 15.0. The molecule has 32 heavy (non-hydrogen) atoms. The molecule has 3 amide bonds. The number of hydrogen-bond acceptors (Lipinski definition) is 11. The van der Waals surface area contributed by atoms with Crippen molar-refractivity contribution in [1.29, 1.82) is 0 Å². The summed E-state index contributed by atoms with van der Waals surface area (Å²) in [6.07, 6.45) is -11.2. The zero-order chi connectivity index (χ0) is 24.2. The molecule has 2 aliphatic rings. The van der Waals surface area contributed by atoms with Crippen molar-refractivity contribution >= 4 is 17.7 Å². The molecule has 14 nitrogen and oxygen atoms in total. The number of hydrogen-bond donors (Lipinski definition) is 8. The van der Waals surface area contributed by atoms with Crippen molar-refractivity contribution in [3.63, 3.8) is 0 Å². The van der Waals surface area contributed by atoms with E-state index in [4.69, 9.17) is 14.2 Å². The van der Waals surface area contributed by atoms with Crippen LogP contribution in [-0.4, -0.2) is 118 Å². The Balaban J connectivity index is 2.32. The standard InChI is InChI=1S/C18H31N3O11/c1-6(24)19-11-15(29)16(10(5-23)30-17(11)21-8(3)26)32-18-12(20-7(2)25)14(28)13(27)9(4-22)31-18/h9-18,22-23,27-29H,4-5H2,1-3H3,(H,19,24)(H,20,25)(H,21,26)/t9-,10-,11-,12-,13-,14-,15-,16-,17-,18+/m1/s1. The highest BCUT2D eigenvalue weighted by atomic mass is 16.7. The monoisotopic (exact) mass is 465 g/mol. The molecule has 0 aromatic carbocycles. The molecule has 2 aliphatic heterocycles. The number of rotatable bonds is 7. The molecule has 0 aliphatic carbocycles. The largest absolute Gasteiger partial charge is 0.394 e. The molecule has 0 saturated carbocycles. The Bertz CT molecular complexity index is 681. The molecule has 10 atom stereocenters. The van der Waals surface area contributed by atoms with Gasteiger partial charge in [0.2, 0.25) is 17.7 Å². The minimum absolute atomic E-state index is 0.516. The molecular weight excluding hydrogens is 434 g/mol. The predicted octanol–water partition coefficient (Wildman–Crippen LogP) is -4.97. The number of nitrogens with one attached hydrogen (secondary N) is 3. The minimum Gasteiger partial charge on any atom is -0.394 e. The average Bonchev–Trinajstić information content (AvgIpc) is 2.70. The topological polar surface area (TPSA) is 216 Å². The van der Waals surface area contributed by atoms with E-state index in [0.717, 1.165) is 6.92 Å². The van der Waals surface area contributed by atoms with Crippen LogP contribution in [0.1, 0.15) is 20.8 Å². The number of aliphatic hydroxyl groups excluding tert-OH is 5. The van der Waals surface area contributed by atoms with Crippen LogP contribution in [0.4, 0.5) is 0 Å². The van der Waals surface area contributed by atoms with E-state index in [1.165, 1.54) is 13.8 Å². The lowest BCUT2D eigenvalue weighted by atomic mass is 9.94. The van der Waals surface area contributed by atoms with Crippen LogP contribution in [-0.2, 0) is 28.6 Å². The summed E-state index contributed by atoms with van der Waals surface area (Å²) >= 11 is 0. The lowest BCUT2D eigenvalue weighted by Crippen LogP contribution is -2.70. The van der Waals surface area contributed by atoms with Gasteiger partial charge >= 0.3 is 0 Å².